The Morgan fingerprint density at radius 3 is 2.67 bits per heavy atom. The third-order valence-electron chi connectivity index (χ3n) is 3.32. The molecule has 0 bridgehead atoms. The van der Waals surface area contributed by atoms with E-state index >= 15 is 0 Å². The van der Waals surface area contributed by atoms with Crippen molar-refractivity contribution < 1.29 is 0 Å². The van der Waals surface area contributed by atoms with Crippen molar-refractivity contribution in [3.8, 4) is 5.69 Å². The van der Waals surface area contributed by atoms with Gasteiger partial charge in [0.1, 0.15) is 0 Å². The van der Waals surface area contributed by atoms with E-state index in [1.54, 1.807) is 0 Å². The minimum absolute atomic E-state index is 0.696. The number of nitrogens with one attached hydrogen (secondary N) is 1. The Bertz CT molecular complexity index is 735. The van der Waals surface area contributed by atoms with E-state index in [1.165, 1.54) is 5.56 Å². The Morgan fingerprint density at radius 2 is 1.86 bits per heavy atom. The van der Waals surface area contributed by atoms with Crippen LogP contribution in [0.15, 0.2) is 65.3 Å². The van der Waals surface area contributed by atoms with Crippen molar-refractivity contribution in [1.82, 2.24) is 9.78 Å². The number of aromatic nitrogens is 2. The van der Waals surface area contributed by atoms with Crippen molar-refractivity contribution in [1.29, 1.82) is 0 Å². The summed E-state index contributed by atoms with van der Waals surface area (Å²) in [4.78, 5) is 0. The molecule has 0 aliphatic rings. The summed E-state index contributed by atoms with van der Waals surface area (Å²) in [5.74, 6) is 0. The van der Waals surface area contributed by atoms with Crippen LogP contribution in [0.2, 0.25) is 0 Å². The molecular formula is C17H16BrN3. The fraction of sp³-hybridized carbons (Fsp3) is 0.118. The lowest BCUT2D eigenvalue weighted by Gasteiger charge is -2.08. The van der Waals surface area contributed by atoms with Gasteiger partial charge >= 0.3 is 0 Å². The van der Waals surface area contributed by atoms with Gasteiger partial charge in [-0.25, -0.2) is 4.68 Å². The standard InChI is InChI=1S/C17H16BrN3/c1-13-6-5-9-16(17(13)18)19-12-14-10-11-21(20-14)15-7-3-2-4-8-15/h2-11,19H,12H2,1H3. The van der Waals surface area contributed by atoms with Gasteiger partial charge in [0.15, 0.2) is 0 Å². The predicted octanol–water partition coefficient (Wildman–Crippen LogP) is 4.56. The fourth-order valence-corrected chi connectivity index (χ4v) is 2.55. The molecule has 0 aliphatic carbocycles. The van der Waals surface area contributed by atoms with Crippen molar-refractivity contribution in [2.24, 2.45) is 0 Å². The van der Waals surface area contributed by atoms with E-state index in [0.29, 0.717) is 6.54 Å². The van der Waals surface area contributed by atoms with Crippen molar-refractivity contribution in [2.45, 2.75) is 13.5 Å². The number of anilines is 1. The van der Waals surface area contributed by atoms with Crippen molar-refractivity contribution in [2.75, 3.05) is 5.32 Å². The molecule has 21 heavy (non-hydrogen) atoms. The highest BCUT2D eigenvalue weighted by Gasteiger charge is 2.04. The summed E-state index contributed by atoms with van der Waals surface area (Å²) < 4.78 is 3.00. The highest BCUT2D eigenvalue weighted by Crippen LogP contribution is 2.26. The van der Waals surface area contributed by atoms with Gasteiger partial charge in [0.05, 0.1) is 17.9 Å². The van der Waals surface area contributed by atoms with E-state index in [9.17, 15) is 0 Å². The second kappa shape index (κ2) is 6.14. The maximum atomic E-state index is 4.59. The zero-order valence-electron chi connectivity index (χ0n) is 11.8. The molecule has 3 nitrogen and oxygen atoms in total. The lowest BCUT2D eigenvalue weighted by molar-refractivity contribution is 0.844. The van der Waals surface area contributed by atoms with Crippen molar-refractivity contribution >= 4 is 21.6 Å². The summed E-state index contributed by atoms with van der Waals surface area (Å²) in [7, 11) is 0. The molecule has 0 unspecified atom stereocenters. The van der Waals surface area contributed by atoms with Crippen LogP contribution < -0.4 is 5.32 Å². The molecule has 0 radical (unpaired) electrons. The van der Waals surface area contributed by atoms with Gasteiger partial charge in [-0.1, -0.05) is 30.3 Å². The lowest BCUT2D eigenvalue weighted by Crippen LogP contribution is -2.02. The van der Waals surface area contributed by atoms with Crippen LogP contribution in [-0.2, 0) is 6.54 Å². The smallest absolute Gasteiger partial charge is 0.0819 e. The third-order valence-corrected chi connectivity index (χ3v) is 4.37. The Hall–Kier alpha value is -2.07. The molecule has 0 amide bonds. The number of nitrogens with zero attached hydrogens (tertiary/aromatic N) is 2. The SMILES string of the molecule is Cc1cccc(NCc2ccn(-c3ccccc3)n2)c1Br. The molecule has 4 heteroatoms. The highest BCUT2D eigenvalue weighted by molar-refractivity contribution is 9.10. The van der Waals surface area contributed by atoms with E-state index < -0.39 is 0 Å². The van der Waals surface area contributed by atoms with Gasteiger partial charge in [0.25, 0.3) is 0 Å². The molecule has 0 atom stereocenters. The van der Waals surface area contributed by atoms with E-state index in [4.69, 9.17) is 0 Å². The van der Waals surface area contributed by atoms with Gasteiger partial charge in [-0.15, -0.1) is 0 Å². The number of para-hydroxylation sites is 1. The average Bonchev–Trinajstić information content (AvgIpc) is 2.99. The molecule has 2 aromatic carbocycles. The molecule has 106 valence electrons. The molecule has 0 saturated carbocycles. The summed E-state index contributed by atoms with van der Waals surface area (Å²) >= 11 is 3.61. The normalized spacial score (nSPS) is 10.6. The van der Waals surface area contributed by atoms with Gasteiger partial charge in [0, 0.05) is 16.4 Å². The number of benzene rings is 2. The van der Waals surface area contributed by atoms with E-state index in [0.717, 1.165) is 21.5 Å². The maximum Gasteiger partial charge on any atom is 0.0819 e. The molecule has 0 aliphatic heterocycles. The van der Waals surface area contributed by atoms with Gasteiger partial charge in [-0.2, -0.15) is 5.10 Å². The van der Waals surface area contributed by atoms with Crippen LogP contribution in [0.25, 0.3) is 5.69 Å². The zero-order chi connectivity index (χ0) is 14.7. The summed E-state index contributed by atoms with van der Waals surface area (Å²) in [5, 5.41) is 8.00. The van der Waals surface area contributed by atoms with Crippen LogP contribution in [0.4, 0.5) is 5.69 Å². The maximum absolute atomic E-state index is 4.59. The molecule has 1 heterocycles. The quantitative estimate of drug-likeness (QED) is 0.754. The van der Waals surface area contributed by atoms with Crippen molar-refractivity contribution in [3.05, 3.63) is 76.5 Å². The number of halogens is 1. The number of aryl methyl sites for hydroxylation is 1. The van der Waals surface area contributed by atoms with Gasteiger partial charge < -0.3 is 5.32 Å². The second-order valence-electron chi connectivity index (χ2n) is 4.88. The second-order valence-corrected chi connectivity index (χ2v) is 5.67. The molecule has 3 aromatic rings. The summed E-state index contributed by atoms with van der Waals surface area (Å²) in [6.07, 6.45) is 1.98. The summed E-state index contributed by atoms with van der Waals surface area (Å²) in [6, 6.07) is 18.3. The van der Waals surface area contributed by atoms with Gasteiger partial charge in [-0.3, -0.25) is 0 Å². The Labute approximate surface area is 132 Å². The Morgan fingerprint density at radius 1 is 1.05 bits per heavy atom. The molecule has 3 rings (SSSR count). The lowest BCUT2D eigenvalue weighted by atomic mass is 10.2. The Balaban J connectivity index is 1.72. The highest BCUT2D eigenvalue weighted by atomic mass is 79.9. The monoisotopic (exact) mass is 341 g/mol. The van der Waals surface area contributed by atoms with Crippen LogP contribution in [0.5, 0.6) is 0 Å². The van der Waals surface area contributed by atoms with Gasteiger partial charge in [-0.05, 0) is 52.7 Å². The molecule has 0 fully saturated rings. The van der Waals surface area contributed by atoms with Crippen LogP contribution in [-0.4, -0.2) is 9.78 Å². The third kappa shape index (κ3) is 3.16. The van der Waals surface area contributed by atoms with Crippen LogP contribution in [0.1, 0.15) is 11.3 Å². The summed E-state index contributed by atoms with van der Waals surface area (Å²) in [5.41, 5.74) is 4.38. The largest absolute Gasteiger partial charge is 0.378 e. The van der Waals surface area contributed by atoms with Crippen LogP contribution in [0, 0.1) is 6.92 Å². The average molecular weight is 342 g/mol. The van der Waals surface area contributed by atoms with E-state index in [-0.39, 0.29) is 0 Å². The minimum atomic E-state index is 0.696. The zero-order valence-corrected chi connectivity index (χ0v) is 13.3. The van der Waals surface area contributed by atoms with Crippen molar-refractivity contribution in [3.63, 3.8) is 0 Å². The number of hydrogen-bond acceptors (Lipinski definition) is 2. The first-order valence-electron chi connectivity index (χ1n) is 6.83. The molecule has 0 saturated heterocycles. The topological polar surface area (TPSA) is 29.9 Å². The summed E-state index contributed by atoms with van der Waals surface area (Å²) in [6.45, 7) is 2.78. The number of rotatable bonds is 4. The molecule has 1 N–H and O–H groups in total. The molecular weight excluding hydrogens is 326 g/mol. The fourth-order valence-electron chi connectivity index (χ4n) is 2.15. The Kier molecular flexibility index (Phi) is 4.06. The minimum Gasteiger partial charge on any atom is -0.378 e. The predicted molar refractivity (Wildman–Crippen MR) is 89.8 cm³/mol. The van der Waals surface area contributed by atoms with Crippen LogP contribution >= 0.6 is 15.9 Å². The number of hydrogen-bond donors (Lipinski definition) is 1. The first-order chi connectivity index (χ1) is 10.2. The van der Waals surface area contributed by atoms with Crippen LogP contribution in [0.3, 0.4) is 0 Å². The first-order valence-corrected chi connectivity index (χ1v) is 7.62. The van der Waals surface area contributed by atoms with E-state index in [2.05, 4.69) is 45.4 Å². The molecule has 0 spiro atoms. The van der Waals surface area contributed by atoms with E-state index in [1.807, 2.05) is 53.3 Å². The first kappa shape index (κ1) is 13.9. The van der Waals surface area contributed by atoms with Gasteiger partial charge in [0.2, 0.25) is 0 Å². The molecule has 1 aromatic heterocycles.